The molecule has 0 radical (unpaired) electrons. The quantitative estimate of drug-likeness (QED) is 0.442. The first-order valence-corrected chi connectivity index (χ1v) is 14.5. The van der Waals surface area contributed by atoms with Gasteiger partial charge in [-0.3, -0.25) is 14.7 Å². The van der Waals surface area contributed by atoms with E-state index in [1.54, 1.807) is 26.3 Å². The van der Waals surface area contributed by atoms with Crippen LogP contribution in [0.5, 0.6) is 0 Å². The number of carboxylic acids is 1. The highest BCUT2D eigenvalue weighted by atomic mass is 32.1. The molecule has 0 bridgehead atoms. The Morgan fingerprint density at radius 2 is 2.00 bits per heavy atom. The number of aliphatic carboxylic acids is 1. The Morgan fingerprint density at radius 1 is 1.24 bits per heavy atom. The SMILES string of the molecule is CCN(C(=O)N1CCN(CC2=C(C(=O)OC)[C@H](c3ccc(F)c(F)c3C)N=C(c3nccs3)N2)[C@H](C(=O)O)C1)C1CC1. The van der Waals surface area contributed by atoms with E-state index in [-0.39, 0.29) is 48.4 Å². The third-order valence-electron chi connectivity index (χ3n) is 7.82. The molecule has 2 aromatic rings. The van der Waals surface area contributed by atoms with Crippen molar-refractivity contribution >= 4 is 35.1 Å². The minimum absolute atomic E-state index is 0.0171. The van der Waals surface area contributed by atoms with Crippen molar-refractivity contribution in [3.8, 4) is 0 Å². The number of halogens is 2. The van der Waals surface area contributed by atoms with Crippen molar-refractivity contribution in [2.24, 2.45) is 4.99 Å². The van der Waals surface area contributed by atoms with E-state index in [1.165, 1.54) is 31.4 Å². The number of amides is 2. The number of carbonyl (C=O) groups excluding carboxylic acids is 2. The van der Waals surface area contributed by atoms with Crippen LogP contribution in [0, 0.1) is 18.6 Å². The molecule has 1 aliphatic carbocycles. The van der Waals surface area contributed by atoms with Gasteiger partial charge in [0.1, 0.15) is 12.1 Å². The number of esters is 1. The number of nitrogens with one attached hydrogen (secondary N) is 1. The molecule has 1 aromatic carbocycles. The summed E-state index contributed by atoms with van der Waals surface area (Å²) in [5, 5.41) is 15.6. The summed E-state index contributed by atoms with van der Waals surface area (Å²) in [6.45, 7) is 4.31. The molecule has 3 aliphatic rings. The van der Waals surface area contributed by atoms with Gasteiger partial charge in [-0.15, -0.1) is 11.3 Å². The van der Waals surface area contributed by atoms with Gasteiger partial charge < -0.3 is 25.0 Å². The summed E-state index contributed by atoms with van der Waals surface area (Å²) < 4.78 is 33.8. The molecule has 2 amide bonds. The van der Waals surface area contributed by atoms with Crippen LogP contribution < -0.4 is 5.32 Å². The van der Waals surface area contributed by atoms with Gasteiger partial charge in [-0.25, -0.2) is 23.4 Å². The second-order valence-electron chi connectivity index (χ2n) is 10.4. The van der Waals surface area contributed by atoms with Crippen molar-refractivity contribution < 1.29 is 33.0 Å². The normalized spacial score (nSPS) is 21.1. The molecule has 3 heterocycles. The minimum Gasteiger partial charge on any atom is -0.480 e. The fraction of sp³-hybridized carbons (Fsp3) is 0.464. The lowest BCUT2D eigenvalue weighted by Gasteiger charge is -2.42. The molecule has 1 saturated heterocycles. The van der Waals surface area contributed by atoms with Gasteiger partial charge in [-0.05, 0) is 43.9 Å². The van der Waals surface area contributed by atoms with Gasteiger partial charge in [0.05, 0.1) is 12.7 Å². The molecule has 0 unspecified atom stereocenters. The summed E-state index contributed by atoms with van der Waals surface area (Å²) >= 11 is 1.29. The summed E-state index contributed by atoms with van der Waals surface area (Å²) in [7, 11) is 1.20. The number of nitrogens with zero attached hydrogens (tertiary/aromatic N) is 5. The molecular weight excluding hydrogens is 570 g/mol. The summed E-state index contributed by atoms with van der Waals surface area (Å²) in [6.07, 6.45) is 3.47. The first-order valence-electron chi connectivity index (χ1n) is 13.7. The van der Waals surface area contributed by atoms with Crippen LogP contribution in [0.4, 0.5) is 13.6 Å². The number of methoxy groups -OCH3 is 1. The Morgan fingerprint density at radius 3 is 2.62 bits per heavy atom. The number of benzene rings is 1. The summed E-state index contributed by atoms with van der Waals surface area (Å²) in [5.41, 5.74) is 0.583. The lowest BCUT2D eigenvalue weighted by Crippen LogP contribution is -2.60. The van der Waals surface area contributed by atoms with Crippen LogP contribution in [-0.4, -0.2) is 101 Å². The smallest absolute Gasteiger partial charge is 0.338 e. The molecule has 14 heteroatoms. The number of thiazole rings is 1. The summed E-state index contributed by atoms with van der Waals surface area (Å²) in [5.74, 6) is -3.65. The summed E-state index contributed by atoms with van der Waals surface area (Å²) in [6, 6.07) is 0.235. The largest absolute Gasteiger partial charge is 0.480 e. The zero-order chi connectivity index (χ0) is 30.1. The number of ether oxygens (including phenoxy) is 1. The van der Waals surface area contributed by atoms with Gasteiger partial charge in [0, 0.05) is 56.0 Å². The fourth-order valence-corrected chi connectivity index (χ4v) is 6.03. The van der Waals surface area contributed by atoms with Gasteiger partial charge in [-0.1, -0.05) is 6.07 Å². The van der Waals surface area contributed by atoms with Crippen LogP contribution in [0.3, 0.4) is 0 Å². The zero-order valence-electron chi connectivity index (χ0n) is 23.5. The van der Waals surface area contributed by atoms with Crippen molar-refractivity contribution in [2.45, 2.75) is 44.8 Å². The lowest BCUT2D eigenvalue weighted by atomic mass is 9.91. The van der Waals surface area contributed by atoms with E-state index in [0.29, 0.717) is 29.6 Å². The van der Waals surface area contributed by atoms with E-state index < -0.39 is 35.7 Å². The molecule has 2 fully saturated rings. The molecule has 1 saturated carbocycles. The molecule has 2 N–H and O–H groups in total. The number of carbonyl (C=O) groups is 3. The Balaban J connectivity index is 1.51. The zero-order valence-corrected chi connectivity index (χ0v) is 24.3. The highest BCUT2D eigenvalue weighted by Crippen LogP contribution is 2.36. The number of piperazine rings is 1. The monoisotopic (exact) mass is 602 g/mol. The van der Waals surface area contributed by atoms with E-state index in [9.17, 15) is 28.3 Å². The fourth-order valence-electron chi connectivity index (χ4n) is 5.45. The lowest BCUT2D eigenvalue weighted by molar-refractivity contribution is -0.145. The van der Waals surface area contributed by atoms with Gasteiger partial charge in [0.2, 0.25) is 0 Å². The molecule has 5 rings (SSSR count). The third-order valence-corrected chi connectivity index (χ3v) is 8.60. The number of aliphatic imine (C=N–C) groups is 1. The average Bonchev–Trinajstić information content (AvgIpc) is 3.66. The number of hydrogen-bond donors (Lipinski definition) is 2. The number of rotatable bonds is 8. The molecule has 2 atom stereocenters. The van der Waals surface area contributed by atoms with Crippen molar-refractivity contribution in [3.05, 3.63) is 62.7 Å². The van der Waals surface area contributed by atoms with Crippen LogP contribution in [0.25, 0.3) is 0 Å². The number of carboxylic acid groups (broad SMARTS) is 1. The van der Waals surface area contributed by atoms with Crippen molar-refractivity contribution in [3.63, 3.8) is 0 Å². The van der Waals surface area contributed by atoms with E-state index in [0.717, 1.165) is 18.9 Å². The van der Waals surface area contributed by atoms with Crippen molar-refractivity contribution in [1.82, 2.24) is 25.0 Å². The molecular formula is C28H32F2N6O5S. The van der Waals surface area contributed by atoms with Gasteiger partial charge in [-0.2, -0.15) is 0 Å². The maximum atomic E-state index is 14.7. The minimum atomic E-state index is -1.11. The molecule has 0 spiro atoms. The van der Waals surface area contributed by atoms with E-state index in [1.807, 2.05) is 6.92 Å². The second kappa shape index (κ2) is 12.1. The standard InChI is InChI=1S/C28H32F2N6O5S/c1-4-36(16-5-6-16)28(40)35-11-10-34(20(14-35)26(37)38)13-19-21(27(39)41-3)23(17-7-8-18(29)22(30)15(17)2)33-24(32-19)25-31-9-12-42-25/h7-9,12,16,20,23H,4-6,10-11,13-14H2,1-3H3,(H,32,33)(H,37,38)/t20-,23-/m0/s1. The highest BCUT2D eigenvalue weighted by Gasteiger charge is 2.41. The summed E-state index contributed by atoms with van der Waals surface area (Å²) in [4.78, 5) is 52.9. The van der Waals surface area contributed by atoms with Crippen LogP contribution >= 0.6 is 11.3 Å². The van der Waals surface area contributed by atoms with E-state index >= 15 is 0 Å². The number of hydrogen-bond acceptors (Lipinski definition) is 9. The molecule has 11 nitrogen and oxygen atoms in total. The topological polar surface area (TPSA) is 128 Å². The van der Waals surface area contributed by atoms with Gasteiger partial charge in [0.25, 0.3) is 0 Å². The Hall–Kier alpha value is -3.91. The van der Waals surface area contributed by atoms with Gasteiger partial charge >= 0.3 is 18.0 Å². The highest BCUT2D eigenvalue weighted by molar-refractivity contribution is 7.11. The van der Waals surface area contributed by atoms with Crippen molar-refractivity contribution in [1.29, 1.82) is 0 Å². The maximum absolute atomic E-state index is 14.7. The Bertz CT molecular complexity index is 1440. The van der Waals surface area contributed by atoms with Crippen LogP contribution in [0.1, 0.15) is 41.9 Å². The van der Waals surface area contributed by atoms with Crippen LogP contribution in [0.15, 0.2) is 40.0 Å². The Labute approximate surface area is 245 Å². The van der Waals surface area contributed by atoms with Crippen LogP contribution in [-0.2, 0) is 14.3 Å². The molecule has 1 aromatic heterocycles. The molecule has 2 aliphatic heterocycles. The molecule has 224 valence electrons. The number of urea groups is 1. The second-order valence-corrected chi connectivity index (χ2v) is 11.3. The van der Waals surface area contributed by atoms with E-state index in [4.69, 9.17) is 4.74 Å². The van der Waals surface area contributed by atoms with Crippen LogP contribution in [0.2, 0.25) is 0 Å². The third kappa shape index (κ3) is 5.73. The predicted molar refractivity (Wildman–Crippen MR) is 150 cm³/mol. The first kappa shape index (κ1) is 29.6. The number of aromatic nitrogens is 1. The van der Waals surface area contributed by atoms with Crippen molar-refractivity contribution in [2.75, 3.05) is 39.8 Å². The first-order chi connectivity index (χ1) is 20.1. The average molecular weight is 603 g/mol. The number of amidine groups is 1. The van der Waals surface area contributed by atoms with Gasteiger partial charge in [0.15, 0.2) is 22.5 Å². The molecule has 42 heavy (non-hydrogen) atoms. The Kier molecular flexibility index (Phi) is 8.55. The predicted octanol–water partition coefficient (Wildman–Crippen LogP) is 2.92. The maximum Gasteiger partial charge on any atom is 0.338 e. The van der Waals surface area contributed by atoms with E-state index in [2.05, 4.69) is 15.3 Å².